The second-order valence-electron chi connectivity index (χ2n) is 6.52. The minimum atomic E-state index is -0.580. The van der Waals surface area contributed by atoms with Gasteiger partial charge in [-0.2, -0.15) is 0 Å². The van der Waals surface area contributed by atoms with Crippen LogP contribution in [0.4, 0.5) is 5.82 Å². The molecule has 2 atom stereocenters. The van der Waals surface area contributed by atoms with Gasteiger partial charge in [0.2, 0.25) is 0 Å². The summed E-state index contributed by atoms with van der Waals surface area (Å²) in [5.41, 5.74) is 2.62. The molecule has 24 heavy (non-hydrogen) atoms. The third-order valence-electron chi connectivity index (χ3n) is 4.93. The van der Waals surface area contributed by atoms with E-state index in [1.165, 1.54) is 12.8 Å². The highest BCUT2D eigenvalue weighted by Gasteiger charge is 2.32. The van der Waals surface area contributed by atoms with Gasteiger partial charge < -0.3 is 15.3 Å². The number of carbonyl (C=O) groups excluding carboxylic acids is 1. The highest BCUT2D eigenvalue weighted by Crippen LogP contribution is 2.31. The van der Waals surface area contributed by atoms with Crippen LogP contribution < -0.4 is 10.2 Å². The average molecular weight is 323 g/mol. The summed E-state index contributed by atoms with van der Waals surface area (Å²) >= 11 is 0. The Hall–Kier alpha value is -2.40. The molecule has 1 fully saturated rings. The van der Waals surface area contributed by atoms with E-state index in [2.05, 4.69) is 15.2 Å². The molecule has 2 aromatic rings. The lowest BCUT2D eigenvalue weighted by molar-refractivity contribution is 0.0858. The van der Waals surface area contributed by atoms with E-state index in [1.807, 2.05) is 36.4 Å². The van der Waals surface area contributed by atoms with Gasteiger partial charge in [-0.25, -0.2) is 4.98 Å². The van der Waals surface area contributed by atoms with Crippen molar-refractivity contribution in [2.45, 2.75) is 31.4 Å². The quantitative estimate of drug-likeness (QED) is 0.907. The number of pyridine rings is 1. The summed E-state index contributed by atoms with van der Waals surface area (Å²) in [6.07, 6.45) is 4.01. The molecule has 5 heteroatoms. The number of nitrogens with one attached hydrogen (secondary N) is 1. The second kappa shape index (κ2) is 6.24. The number of fused-ring (bicyclic) bond motifs is 1. The van der Waals surface area contributed by atoms with Gasteiger partial charge >= 0.3 is 0 Å². The summed E-state index contributed by atoms with van der Waals surface area (Å²) in [5.74, 6) is 0.728. The Bertz CT molecular complexity index is 739. The number of aliphatic hydroxyl groups is 1. The summed E-state index contributed by atoms with van der Waals surface area (Å²) in [7, 11) is 0. The van der Waals surface area contributed by atoms with Crippen molar-refractivity contribution in [2.24, 2.45) is 0 Å². The standard InChI is InChI=1S/C19H21N3O2/c23-16-11-13-5-1-2-6-15(13)18(16)21-19(24)14-7-8-17(20-12-14)22-9-3-4-10-22/h1-2,5-8,12,16,18,23H,3-4,9-11H2,(H,21,24)/t16-,18-/m1/s1. The topological polar surface area (TPSA) is 65.5 Å². The fourth-order valence-electron chi connectivity index (χ4n) is 3.63. The number of hydrogen-bond acceptors (Lipinski definition) is 4. The molecule has 1 amide bonds. The number of nitrogens with zero attached hydrogens (tertiary/aromatic N) is 2. The van der Waals surface area contributed by atoms with Gasteiger partial charge in [0, 0.05) is 25.7 Å². The van der Waals surface area contributed by atoms with E-state index in [1.54, 1.807) is 6.20 Å². The van der Waals surface area contributed by atoms with Crippen LogP contribution in [-0.2, 0) is 6.42 Å². The summed E-state index contributed by atoms with van der Waals surface area (Å²) in [6.45, 7) is 2.06. The number of carbonyl (C=O) groups is 1. The molecule has 1 aliphatic heterocycles. The molecular weight excluding hydrogens is 302 g/mol. The van der Waals surface area contributed by atoms with Crippen LogP contribution in [-0.4, -0.2) is 35.2 Å². The fourth-order valence-corrected chi connectivity index (χ4v) is 3.63. The molecule has 2 aliphatic rings. The molecular formula is C19H21N3O2. The lowest BCUT2D eigenvalue weighted by Gasteiger charge is -2.19. The Kier molecular flexibility index (Phi) is 3.94. The van der Waals surface area contributed by atoms with Crippen LogP contribution in [0.2, 0.25) is 0 Å². The van der Waals surface area contributed by atoms with Crippen LogP contribution in [0, 0.1) is 0 Å². The van der Waals surface area contributed by atoms with Crippen molar-refractivity contribution in [3.05, 3.63) is 59.3 Å². The van der Waals surface area contributed by atoms with Gasteiger partial charge in [0.05, 0.1) is 17.7 Å². The Labute approximate surface area is 141 Å². The summed E-state index contributed by atoms with van der Waals surface area (Å²) in [5, 5.41) is 13.2. The largest absolute Gasteiger partial charge is 0.390 e. The average Bonchev–Trinajstić information content (AvgIpc) is 3.24. The van der Waals surface area contributed by atoms with Gasteiger partial charge in [0.1, 0.15) is 5.82 Å². The number of aliphatic hydroxyl groups excluding tert-OH is 1. The molecule has 0 bridgehead atoms. The van der Waals surface area contributed by atoms with E-state index in [0.29, 0.717) is 12.0 Å². The van der Waals surface area contributed by atoms with Gasteiger partial charge in [-0.3, -0.25) is 4.79 Å². The van der Waals surface area contributed by atoms with Gasteiger partial charge in [-0.1, -0.05) is 24.3 Å². The van der Waals surface area contributed by atoms with Crippen LogP contribution in [0.3, 0.4) is 0 Å². The van der Waals surface area contributed by atoms with Gasteiger partial charge in [0.15, 0.2) is 0 Å². The van der Waals surface area contributed by atoms with Crippen LogP contribution in [0.5, 0.6) is 0 Å². The van der Waals surface area contributed by atoms with E-state index in [4.69, 9.17) is 0 Å². The van der Waals surface area contributed by atoms with Crippen LogP contribution in [0.1, 0.15) is 40.4 Å². The summed E-state index contributed by atoms with van der Waals surface area (Å²) < 4.78 is 0. The van der Waals surface area contributed by atoms with E-state index in [0.717, 1.165) is 30.0 Å². The zero-order valence-corrected chi connectivity index (χ0v) is 13.5. The predicted octanol–water partition coefficient (Wildman–Crippen LogP) is 2.07. The van der Waals surface area contributed by atoms with Crippen LogP contribution in [0.15, 0.2) is 42.6 Å². The van der Waals surface area contributed by atoms with Crippen molar-refractivity contribution in [1.29, 1.82) is 0 Å². The van der Waals surface area contributed by atoms with Crippen molar-refractivity contribution in [2.75, 3.05) is 18.0 Å². The van der Waals surface area contributed by atoms with Gasteiger partial charge in [-0.15, -0.1) is 0 Å². The molecule has 0 saturated carbocycles. The van der Waals surface area contributed by atoms with Crippen LogP contribution in [0.25, 0.3) is 0 Å². The Balaban J connectivity index is 1.48. The predicted molar refractivity (Wildman–Crippen MR) is 92.0 cm³/mol. The number of anilines is 1. The first-order valence-corrected chi connectivity index (χ1v) is 8.50. The zero-order valence-electron chi connectivity index (χ0n) is 13.5. The monoisotopic (exact) mass is 323 g/mol. The number of benzene rings is 1. The minimum absolute atomic E-state index is 0.198. The molecule has 0 unspecified atom stereocenters. The fraction of sp³-hybridized carbons (Fsp3) is 0.368. The van der Waals surface area contributed by atoms with E-state index in [-0.39, 0.29) is 11.9 Å². The van der Waals surface area contributed by atoms with Crippen molar-refractivity contribution in [3.63, 3.8) is 0 Å². The van der Waals surface area contributed by atoms with Crippen molar-refractivity contribution >= 4 is 11.7 Å². The number of rotatable bonds is 3. The lowest BCUT2D eigenvalue weighted by atomic mass is 10.1. The minimum Gasteiger partial charge on any atom is -0.390 e. The maximum absolute atomic E-state index is 12.5. The third kappa shape index (κ3) is 2.76. The van der Waals surface area contributed by atoms with E-state index in [9.17, 15) is 9.90 Å². The highest BCUT2D eigenvalue weighted by molar-refractivity contribution is 5.94. The maximum atomic E-state index is 12.5. The first kappa shape index (κ1) is 15.1. The van der Waals surface area contributed by atoms with Gasteiger partial charge in [-0.05, 0) is 36.1 Å². The van der Waals surface area contributed by atoms with E-state index < -0.39 is 6.10 Å². The number of amides is 1. The molecule has 4 rings (SSSR count). The highest BCUT2D eigenvalue weighted by atomic mass is 16.3. The lowest BCUT2D eigenvalue weighted by Crippen LogP contribution is -2.34. The third-order valence-corrected chi connectivity index (χ3v) is 4.93. The molecule has 1 aliphatic carbocycles. The molecule has 5 nitrogen and oxygen atoms in total. The molecule has 0 radical (unpaired) electrons. The van der Waals surface area contributed by atoms with Gasteiger partial charge in [0.25, 0.3) is 5.91 Å². The second-order valence-corrected chi connectivity index (χ2v) is 6.52. The number of hydrogen-bond donors (Lipinski definition) is 2. The van der Waals surface area contributed by atoms with Crippen molar-refractivity contribution in [1.82, 2.24) is 10.3 Å². The summed E-state index contributed by atoms with van der Waals surface area (Å²) in [6, 6.07) is 11.2. The first-order chi connectivity index (χ1) is 11.7. The Morgan fingerprint density at radius 2 is 1.96 bits per heavy atom. The first-order valence-electron chi connectivity index (χ1n) is 8.50. The summed E-state index contributed by atoms with van der Waals surface area (Å²) in [4.78, 5) is 19.2. The molecule has 124 valence electrons. The van der Waals surface area contributed by atoms with Crippen LogP contribution >= 0.6 is 0 Å². The molecule has 1 aromatic carbocycles. The molecule has 1 saturated heterocycles. The zero-order chi connectivity index (χ0) is 16.5. The molecule has 2 heterocycles. The molecule has 2 N–H and O–H groups in total. The molecule has 0 spiro atoms. The van der Waals surface area contributed by atoms with Crippen molar-refractivity contribution in [3.8, 4) is 0 Å². The Morgan fingerprint density at radius 1 is 1.17 bits per heavy atom. The smallest absolute Gasteiger partial charge is 0.253 e. The normalized spacial score (nSPS) is 22.5. The Morgan fingerprint density at radius 3 is 2.71 bits per heavy atom. The SMILES string of the molecule is O=C(N[C@@H]1c2ccccc2C[C@H]1O)c1ccc(N2CCCC2)nc1. The maximum Gasteiger partial charge on any atom is 0.253 e. The van der Waals surface area contributed by atoms with Crippen molar-refractivity contribution < 1.29 is 9.90 Å². The van der Waals surface area contributed by atoms with E-state index >= 15 is 0 Å². The number of aromatic nitrogens is 1. The molecule has 1 aromatic heterocycles.